The van der Waals surface area contributed by atoms with Gasteiger partial charge < -0.3 is 104 Å². The van der Waals surface area contributed by atoms with Crippen LogP contribution in [0.4, 0.5) is 0 Å². The minimum atomic E-state index is -1.68. The summed E-state index contributed by atoms with van der Waals surface area (Å²) < 4.78 is 55.4. The highest BCUT2D eigenvalue weighted by Gasteiger charge is 2.54. The maximum absolute atomic E-state index is 11.1. The molecule has 0 radical (unpaired) electrons. The van der Waals surface area contributed by atoms with Crippen LogP contribution in [0.1, 0.15) is 0 Å². The predicted molar refractivity (Wildman–Crippen MR) is 141 cm³/mol. The van der Waals surface area contributed by atoms with Crippen molar-refractivity contribution in [3.63, 3.8) is 0 Å². The van der Waals surface area contributed by atoms with Crippen LogP contribution < -0.4 is 0 Å². The van der Waals surface area contributed by atoms with Crippen LogP contribution in [0.3, 0.4) is 0 Å². The number of hydrogen-bond donors (Lipinski definition) is 11. The minimum Gasteiger partial charge on any atom is -0.394 e. The molecule has 5 heterocycles. The third-order valence-corrected chi connectivity index (χ3v) is 8.68. The Bertz CT molecular complexity index is 981. The number of aliphatic hydroxyl groups excluding tert-OH is 11. The summed E-state index contributed by atoms with van der Waals surface area (Å²) in [6, 6.07) is 0. The van der Waals surface area contributed by atoms with Gasteiger partial charge >= 0.3 is 0 Å². The third-order valence-electron chi connectivity index (χ3n) is 8.68. The predicted octanol–water partition coefficient (Wildman–Crippen LogP) is -8.07. The molecule has 0 saturated carbocycles. The van der Waals surface area contributed by atoms with E-state index in [9.17, 15) is 56.2 Å². The normalized spacial score (nSPS) is 51.8. The lowest BCUT2D eigenvalue weighted by Crippen LogP contribution is -2.46. The molecular weight excluding hydrogens is 648 g/mol. The third kappa shape index (κ3) is 7.75. The molecule has 47 heavy (non-hydrogen) atoms. The van der Waals surface area contributed by atoms with Gasteiger partial charge in [0.05, 0.1) is 33.0 Å². The van der Waals surface area contributed by atoms with E-state index in [0.717, 1.165) is 0 Å². The molecule has 5 rings (SSSR count). The summed E-state index contributed by atoms with van der Waals surface area (Å²) in [5.41, 5.74) is 0. The molecule has 0 amide bonds. The molecule has 5 aliphatic rings. The Morgan fingerprint density at radius 3 is 1.40 bits per heavy atom. The molecule has 21 heteroatoms. The van der Waals surface area contributed by atoms with Crippen molar-refractivity contribution >= 4 is 0 Å². The Morgan fingerprint density at radius 2 is 0.894 bits per heavy atom. The Labute approximate surface area is 267 Å². The van der Waals surface area contributed by atoms with E-state index in [0.29, 0.717) is 0 Å². The Morgan fingerprint density at radius 1 is 0.426 bits per heavy atom. The van der Waals surface area contributed by atoms with Crippen LogP contribution in [0, 0.1) is 0 Å². The van der Waals surface area contributed by atoms with Crippen LogP contribution in [-0.4, -0.2) is 219 Å². The quantitative estimate of drug-likeness (QED) is 0.0805. The highest BCUT2D eigenvalue weighted by Crippen LogP contribution is 2.34. The lowest BCUT2D eigenvalue weighted by Gasteiger charge is -2.28. The maximum atomic E-state index is 11.1. The van der Waals surface area contributed by atoms with Gasteiger partial charge in [-0.3, -0.25) is 0 Å². The van der Waals surface area contributed by atoms with Crippen LogP contribution in [0.2, 0.25) is 0 Å². The van der Waals surface area contributed by atoms with Gasteiger partial charge in [-0.15, -0.1) is 0 Å². The molecule has 0 aromatic heterocycles. The summed E-state index contributed by atoms with van der Waals surface area (Å²) >= 11 is 0. The fourth-order valence-corrected chi connectivity index (χ4v) is 5.94. The molecule has 0 aromatic rings. The van der Waals surface area contributed by atoms with Gasteiger partial charge in [-0.05, 0) is 0 Å². The van der Waals surface area contributed by atoms with E-state index in [-0.39, 0.29) is 6.61 Å². The molecule has 11 N–H and O–H groups in total. The highest BCUT2D eigenvalue weighted by molar-refractivity contribution is 4.95. The summed E-state index contributed by atoms with van der Waals surface area (Å²) in [7, 11) is 1.36. The SMILES string of the molecule is COC[C@@H]1O[C@@H](OC[C@@H]2O[C@@H](OC[C@@H]3O[C@@H](O)[C@@H](O)C3O)[C@@H](O)C2O[C@@H]2O[C@@H](CO)C(O)C2O)[C@@H](O[C@@H]2O[C@@H](CO)C(O)[C@@H]2O)C1O. The number of ether oxygens (including phenoxy) is 10. The van der Waals surface area contributed by atoms with E-state index in [1.165, 1.54) is 7.11 Å². The van der Waals surface area contributed by atoms with Crippen LogP contribution in [0.25, 0.3) is 0 Å². The fourth-order valence-electron chi connectivity index (χ4n) is 5.94. The van der Waals surface area contributed by atoms with E-state index in [2.05, 4.69) is 0 Å². The molecule has 20 atom stereocenters. The second-order valence-electron chi connectivity index (χ2n) is 11.9. The first kappa shape index (κ1) is 37.4. The van der Waals surface area contributed by atoms with Crippen LogP contribution in [0.15, 0.2) is 0 Å². The zero-order valence-electron chi connectivity index (χ0n) is 25.1. The summed E-state index contributed by atoms with van der Waals surface area (Å²) in [4.78, 5) is 0. The van der Waals surface area contributed by atoms with E-state index in [1.807, 2.05) is 0 Å². The molecule has 0 aromatic carbocycles. The molecule has 274 valence electrons. The van der Waals surface area contributed by atoms with Crippen molar-refractivity contribution in [1.29, 1.82) is 0 Å². The molecule has 0 aliphatic carbocycles. The fraction of sp³-hybridized carbons (Fsp3) is 1.00. The van der Waals surface area contributed by atoms with Crippen LogP contribution >= 0.6 is 0 Å². The monoisotopic (exact) mass is 692 g/mol. The van der Waals surface area contributed by atoms with Gasteiger partial charge in [-0.25, -0.2) is 0 Å². The summed E-state index contributed by atoms with van der Waals surface area (Å²) in [5, 5.41) is 111. The molecule has 5 fully saturated rings. The van der Waals surface area contributed by atoms with Gasteiger partial charge in [0, 0.05) is 7.11 Å². The molecular formula is C26H44O21. The first-order chi connectivity index (χ1) is 22.4. The first-order valence-corrected chi connectivity index (χ1v) is 15.0. The molecule has 0 spiro atoms. The molecule has 5 aliphatic heterocycles. The van der Waals surface area contributed by atoms with Crippen molar-refractivity contribution in [2.24, 2.45) is 0 Å². The number of rotatable bonds is 14. The van der Waals surface area contributed by atoms with E-state index < -0.39 is 149 Å². The largest absolute Gasteiger partial charge is 0.394 e. The zero-order chi connectivity index (χ0) is 34.2. The average molecular weight is 693 g/mol. The lowest BCUT2D eigenvalue weighted by atomic mass is 10.1. The number of methoxy groups -OCH3 is 1. The topological polar surface area (TPSA) is 315 Å². The van der Waals surface area contributed by atoms with E-state index in [4.69, 9.17) is 47.4 Å². The van der Waals surface area contributed by atoms with Gasteiger partial charge in [0.1, 0.15) is 91.6 Å². The van der Waals surface area contributed by atoms with Crippen LogP contribution in [-0.2, 0) is 47.4 Å². The minimum absolute atomic E-state index is 0.110. The number of hydrogen-bond acceptors (Lipinski definition) is 21. The second kappa shape index (κ2) is 16.0. The maximum Gasteiger partial charge on any atom is 0.187 e. The summed E-state index contributed by atoms with van der Waals surface area (Å²) in [6.45, 7) is -2.34. The highest BCUT2D eigenvalue weighted by atomic mass is 16.8. The van der Waals surface area contributed by atoms with E-state index in [1.54, 1.807) is 0 Å². The van der Waals surface area contributed by atoms with Crippen molar-refractivity contribution in [1.82, 2.24) is 0 Å². The van der Waals surface area contributed by atoms with Crippen molar-refractivity contribution in [3.8, 4) is 0 Å². The van der Waals surface area contributed by atoms with Crippen molar-refractivity contribution in [3.05, 3.63) is 0 Å². The van der Waals surface area contributed by atoms with Crippen molar-refractivity contribution < 1.29 is 104 Å². The standard InChI is InChI=1S/C26H44O21/c1-38-4-9-15(32)21(47-25-18(35)13(30)8(3-28)43-25)26(44-9)40-6-11-20(46-24-17(34)12(29)7(2-27)42-24)19(36)23(45-11)39-5-10-14(31)16(33)22(37)41-10/h7-37H,2-6H2,1H3/t7-,8-,9-,10-,11-,12?,13?,14?,15?,16-,17?,18-,19-,20?,21-,22+,23+,24-,25-,26+/m0/s1. The molecule has 5 saturated heterocycles. The zero-order valence-corrected chi connectivity index (χ0v) is 25.1. The van der Waals surface area contributed by atoms with E-state index >= 15 is 0 Å². The Kier molecular flexibility index (Phi) is 12.7. The van der Waals surface area contributed by atoms with Gasteiger partial charge in [-0.2, -0.15) is 0 Å². The van der Waals surface area contributed by atoms with Crippen LogP contribution in [0.5, 0.6) is 0 Å². The van der Waals surface area contributed by atoms with Gasteiger partial charge in [0.25, 0.3) is 0 Å². The molecule has 6 unspecified atom stereocenters. The smallest absolute Gasteiger partial charge is 0.187 e. The number of aliphatic hydroxyl groups is 11. The van der Waals surface area contributed by atoms with Crippen molar-refractivity contribution in [2.75, 3.05) is 40.1 Å². The van der Waals surface area contributed by atoms with Crippen molar-refractivity contribution in [2.45, 2.75) is 123 Å². The summed E-state index contributed by atoms with van der Waals surface area (Å²) in [6.07, 6.45) is -28.6. The molecule has 21 nitrogen and oxygen atoms in total. The second-order valence-corrected chi connectivity index (χ2v) is 11.9. The molecule has 0 bridgehead atoms. The Hall–Kier alpha value is -0.840. The van der Waals surface area contributed by atoms with Gasteiger partial charge in [0.15, 0.2) is 31.5 Å². The summed E-state index contributed by atoms with van der Waals surface area (Å²) in [5.74, 6) is 0. The van der Waals surface area contributed by atoms with Gasteiger partial charge in [0.2, 0.25) is 0 Å². The Balaban J connectivity index is 1.28. The first-order valence-electron chi connectivity index (χ1n) is 15.0. The average Bonchev–Trinajstić information content (AvgIpc) is 3.77. The van der Waals surface area contributed by atoms with Gasteiger partial charge in [-0.1, -0.05) is 0 Å². The lowest BCUT2D eigenvalue weighted by molar-refractivity contribution is -0.258.